The standard InChI is InChI=1S/C17H9B3F6O6/c1-28-14(27)13-9(21)4-8(29-15(22)23)6-12(13)30-10-3-2-7(31-17(24,25)26)5-11(10)32-16(18,19)20/h2-6,15H,1H3. The number of esters is 1. The topological polar surface area (TPSA) is 63.2 Å². The molecule has 0 amide bonds. The van der Waals surface area contributed by atoms with Gasteiger partial charge in [-0.25, -0.2) is 9.18 Å². The molecular formula is C17H9B3F6O6. The van der Waals surface area contributed by atoms with Gasteiger partial charge in [-0.1, -0.05) is 0 Å². The number of hydrogen-bond acceptors (Lipinski definition) is 6. The first-order valence-electron chi connectivity index (χ1n) is 8.18. The number of carbonyl (C=O) groups excluding carboxylic acids is 1. The van der Waals surface area contributed by atoms with E-state index in [2.05, 4.69) is 14.2 Å². The molecule has 6 radical (unpaired) electrons. The third kappa shape index (κ3) is 7.24. The van der Waals surface area contributed by atoms with E-state index in [0.717, 1.165) is 19.2 Å². The first-order valence-corrected chi connectivity index (χ1v) is 8.18. The second-order valence-electron chi connectivity index (χ2n) is 5.86. The number of methoxy groups -OCH3 is 1. The molecule has 0 aromatic heterocycles. The molecule has 0 atom stereocenters. The highest BCUT2D eigenvalue weighted by Gasteiger charge is 2.32. The highest BCUT2D eigenvalue weighted by molar-refractivity contribution is 6.58. The number of alkyl halides is 5. The molecule has 0 spiro atoms. The number of benzene rings is 2. The molecule has 2 aromatic carbocycles. The lowest BCUT2D eigenvalue weighted by molar-refractivity contribution is -0.274. The van der Waals surface area contributed by atoms with Crippen molar-refractivity contribution in [1.82, 2.24) is 0 Å². The van der Waals surface area contributed by atoms with Gasteiger partial charge in [0.05, 0.1) is 7.11 Å². The van der Waals surface area contributed by atoms with E-state index in [4.69, 9.17) is 33.0 Å². The molecule has 2 aromatic rings. The summed E-state index contributed by atoms with van der Waals surface area (Å²) in [5.41, 5.74) is -0.852. The molecular weight excluding hydrogens is 447 g/mol. The molecule has 164 valence electrons. The van der Waals surface area contributed by atoms with Crippen LogP contribution in [-0.2, 0) is 4.74 Å². The minimum absolute atomic E-state index is 0.466. The van der Waals surface area contributed by atoms with Crippen LogP contribution in [0.25, 0.3) is 0 Å². The van der Waals surface area contributed by atoms with Gasteiger partial charge >= 0.3 is 18.9 Å². The van der Waals surface area contributed by atoms with E-state index in [1.165, 1.54) is 0 Å². The van der Waals surface area contributed by atoms with Gasteiger partial charge in [0.1, 0.15) is 52.2 Å². The average molecular weight is 456 g/mol. The van der Waals surface area contributed by atoms with Crippen LogP contribution in [0.15, 0.2) is 30.3 Å². The number of rotatable bonds is 8. The number of ether oxygens (including phenoxy) is 5. The van der Waals surface area contributed by atoms with E-state index >= 15 is 0 Å². The molecule has 2 rings (SSSR count). The van der Waals surface area contributed by atoms with Crippen LogP contribution in [0.2, 0.25) is 0 Å². The lowest BCUT2D eigenvalue weighted by atomic mass is 9.52. The van der Waals surface area contributed by atoms with Crippen molar-refractivity contribution < 1.29 is 54.8 Å². The maximum Gasteiger partial charge on any atom is 0.573 e. The summed E-state index contributed by atoms with van der Waals surface area (Å²) in [5.74, 6) is -6.07. The summed E-state index contributed by atoms with van der Waals surface area (Å²) in [5, 5.41) is -2.42. The first-order chi connectivity index (χ1) is 14.7. The second kappa shape index (κ2) is 9.57. The number of carbonyl (C=O) groups is 1. The minimum atomic E-state index is -5.08. The third-order valence-electron chi connectivity index (χ3n) is 3.30. The van der Waals surface area contributed by atoms with Crippen LogP contribution in [0.3, 0.4) is 0 Å². The Kier molecular flexibility index (Phi) is 7.52. The van der Waals surface area contributed by atoms with Crippen LogP contribution >= 0.6 is 0 Å². The zero-order valence-electron chi connectivity index (χ0n) is 15.9. The summed E-state index contributed by atoms with van der Waals surface area (Å²) in [4.78, 5) is 11.9. The molecule has 32 heavy (non-hydrogen) atoms. The fraction of sp³-hybridized carbons (Fsp3) is 0.235. The molecule has 0 aliphatic rings. The summed E-state index contributed by atoms with van der Waals surface area (Å²) < 4.78 is 99.4. The fourth-order valence-electron chi connectivity index (χ4n) is 2.27. The summed E-state index contributed by atoms with van der Waals surface area (Å²) in [6.07, 6.45) is -5.08. The van der Waals surface area contributed by atoms with Gasteiger partial charge in [0.2, 0.25) is 0 Å². The van der Waals surface area contributed by atoms with Gasteiger partial charge in [0, 0.05) is 18.2 Å². The summed E-state index contributed by atoms with van der Waals surface area (Å²) in [6.45, 7) is -3.35. The zero-order valence-corrected chi connectivity index (χ0v) is 15.9. The molecule has 15 heteroatoms. The first kappa shape index (κ1) is 25.1. The van der Waals surface area contributed by atoms with Crippen LogP contribution in [0, 0.1) is 5.82 Å². The van der Waals surface area contributed by atoms with Crippen molar-refractivity contribution in [3.8, 4) is 28.7 Å². The van der Waals surface area contributed by atoms with E-state index in [-0.39, 0.29) is 0 Å². The molecule has 0 N–H and O–H groups in total. The third-order valence-corrected chi connectivity index (χ3v) is 3.30. The largest absolute Gasteiger partial charge is 0.573 e. The van der Waals surface area contributed by atoms with Gasteiger partial charge in [-0.2, -0.15) is 8.78 Å². The highest BCUT2D eigenvalue weighted by Crippen LogP contribution is 2.40. The minimum Gasteiger partial charge on any atom is -0.512 e. The Hall–Kier alpha value is -3.12. The molecule has 0 aliphatic heterocycles. The van der Waals surface area contributed by atoms with Crippen LogP contribution in [0.4, 0.5) is 26.3 Å². The molecule has 0 saturated heterocycles. The summed E-state index contributed by atoms with van der Waals surface area (Å²) >= 11 is 0. The Morgan fingerprint density at radius 1 is 0.938 bits per heavy atom. The molecule has 0 unspecified atom stereocenters. The van der Waals surface area contributed by atoms with Gasteiger partial charge in [0.15, 0.2) is 11.5 Å². The SMILES string of the molecule is [B]C([B])([B])Oc1cc(OC(F)(F)F)ccc1Oc1cc(OC(F)F)cc(F)c1C(=O)OC. The van der Waals surface area contributed by atoms with E-state index in [1.54, 1.807) is 0 Å². The Morgan fingerprint density at radius 3 is 2.09 bits per heavy atom. The van der Waals surface area contributed by atoms with Gasteiger partial charge in [0.25, 0.3) is 0 Å². The average Bonchev–Trinajstić information content (AvgIpc) is 2.60. The second-order valence-corrected chi connectivity index (χ2v) is 5.86. The molecule has 6 nitrogen and oxygen atoms in total. The smallest absolute Gasteiger partial charge is 0.512 e. The van der Waals surface area contributed by atoms with E-state index in [9.17, 15) is 31.1 Å². The predicted molar refractivity (Wildman–Crippen MR) is 98.2 cm³/mol. The summed E-state index contributed by atoms with van der Waals surface area (Å²) in [6, 6.07) is 3.38. The van der Waals surface area contributed by atoms with Gasteiger partial charge < -0.3 is 23.7 Å². The Balaban J connectivity index is 2.57. The number of hydrogen-bond donors (Lipinski definition) is 0. The molecule has 0 heterocycles. The molecule has 0 aliphatic carbocycles. The lowest BCUT2D eigenvalue weighted by Crippen LogP contribution is -2.37. The Morgan fingerprint density at radius 2 is 1.56 bits per heavy atom. The number of halogens is 6. The van der Waals surface area contributed by atoms with Crippen molar-refractivity contribution in [2.75, 3.05) is 7.11 Å². The van der Waals surface area contributed by atoms with Crippen molar-refractivity contribution in [2.24, 2.45) is 0 Å². The monoisotopic (exact) mass is 456 g/mol. The van der Waals surface area contributed by atoms with Crippen molar-refractivity contribution in [3.63, 3.8) is 0 Å². The van der Waals surface area contributed by atoms with Crippen molar-refractivity contribution in [1.29, 1.82) is 0 Å². The predicted octanol–water partition coefficient (Wildman–Crippen LogP) is 3.40. The molecule has 0 fully saturated rings. The summed E-state index contributed by atoms with van der Waals surface area (Å²) in [7, 11) is 16.8. The molecule has 0 bridgehead atoms. The van der Waals surface area contributed by atoms with Gasteiger partial charge in [-0.15, -0.1) is 13.2 Å². The Labute approximate surface area is 180 Å². The van der Waals surface area contributed by atoms with E-state index in [0.29, 0.717) is 18.2 Å². The Bertz CT molecular complexity index is 980. The fourth-order valence-corrected chi connectivity index (χ4v) is 2.27. The van der Waals surface area contributed by atoms with Crippen molar-refractivity contribution >= 4 is 29.5 Å². The lowest BCUT2D eigenvalue weighted by Gasteiger charge is -2.25. The maximum atomic E-state index is 14.4. The quantitative estimate of drug-likeness (QED) is 0.345. The highest BCUT2D eigenvalue weighted by atomic mass is 19.4. The van der Waals surface area contributed by atoms with Crippen LogP contribution in [-0.4, -0.2) is 54.9 Å². The van der Waals surface area contributed by atoms with Crippen molar-refractivity contribution in [3.05, 3.63) is 41.7 Å². The van der Waals surface area contributed by atoms with Crippen LogP contribution < -0.4 is 18.9 Å². The van der Waals surface area contributed by atoms with E-state index in [1.807, 2.05) is 0 Å². The van der Waals surface area contributed by atoms with Crippen LogP contribution in [0.5, 0.6) is 28.7 Å². The van der Waals surface area contributed by atoms with Gasteiger partial charge in [-0.3, -0.25) is 0 Å². The molecule has 0 saturated carbocycles. The normalized spacial score (nSPS) is 11.8. The van der Waals surface area contributed by atoms with Gasteiger partial charge in [-0.05, 0) is 17.4 Å². The van der Waals surface area contributed by atoms with Crippen molar-refractivity contribution in [2.45, 2.75) is 18.3 Å². The zero-order chi connectivity index (χ0) is 24.3. The maximum absolute atomic E-state index is 14.4. The van der Waals surface area contributed by atoms with Crippen LogP contribution in [0.1, 0.15) is 10.4 Å². The van der Waals surface area contributed by atoms with E-state index < -0.39 is 64.4 Å².